The van der Waals surface area contributed by atoms with Crippen molar-refractivity contribution in [2.45, 2.75) is 113 Å². The van der Waals surface area contributed by atoms with Gasteiger partial charge in [0.1, 0.15) is 51.6 Å². The van der Waals surface area contributed by atoms with Crippen LogP contribution in [0.2, 0.25) is 0 Å². The number of rotatable bonds is 4. The van der Waals surface area contributed by atoms with Crippen LogP contribution in [0.25, 0.3) is 22.2 Å². The van der Waals surface area contributed by atoms with Crippen LogP contribution in [0.4, 0.5) is 11.6 Å². The molecule has 49 heavy (non-hydrogen) atoms. The van der Waals surface area contributed by atoms with Crippen LogP contribution in [0, 0.1) is 6.92 Å². The Morgan fingerprint density at radius 2 is 1.76 bits per heavy atom. The molecule has 1 spiro atoms. The zero-order chi connectivity index (χ0) is 34.3. The van der Waals surface area contributed by atoms with Crippen LogP contribution in [0.15, 0.2) is 51.8 Å². The number of fused-ring (bicyclic) bond motifs is 4. The summed E-state index contributed by atoms with van der Waals surface area (Å²) >= 11 is 0. The van der Waals surface area contributed by atoms with Crippen molar-refractivity contribution in [1.29, 1.82) is 0 Å². The lowest BCUT2D eigenvalue weighted by atomic mass is 9.73. The van der Waals surface area contributed by atoms with Crippen LogP contribution in [0.3, 0.4) is 0 Å². The quantitative estimate of drug-likeness (QED) is 0.167. The molecule has 0 bridgehead atoms. The average Bonchev–Trinajstić information content (AvgIpc) is 3.48. The molecule has 3 fully saturated rings. The van der Waals surface area contributed by atoms with E-state index in [-0.39, 0.29) is 39.6 Å². The number of aromatic nitrogens is 2. The summed E-state index contributed by atoms with van der Waals surface area (Å²) in [5.41, 5.74) is 13.2. The number of aromatic hydroxyl groups is 1. The van der Waals surface area contributed by atoms with Gasteiger partial charge < -0.3 is 35.2 Å². The molecule has 8 rings (SSSR count). The molecule has 4 aliphatic rings. The SMILES string of the molecule is Cc1cc(=O)c2c(O)c3c(cc2o1)OC(C)(C)[C@@H]1OC(=O)[C@@]2(CCCC[C@H]31)O[C@@H]2CC1(c2cc(N)nc(-c3ccnc(N)c3)c2)CCCC1. The lowest BCUT2D eigenvalue weighted by Gasteiger charge is -2.44. The van der Waals surface area contributed by atoms with E-state index in [9.17, 15) is 14.7 Å². The summed E-state index contributed by atoms with van der Waals surface area (Å²) in [6.07, 6.45) is 7.98. The molecule has 6 heterocycles. The molecule has 0 amide bonds. The Labute approximate surface area is 284 Å². The van der Waals surface area contributed by atoms with E-state index in [0.717, 1.165) is 55.3 Å². The number of nitrogen functional groups attached to an aromatic ring is 2. The number of nitrogens with two attached hydrogens (primary N) is 2. The molecule has 3 aromatic heterocycles. The number of benzene rings is 1. The molecular formula is C38H42N4O7. The number of carbonyl (C=O) groups excluding carboxylic acids is 1. The lowest BCUT2D eigenvalue weighted by Crippen LogP contribution is -2.52. The number of carbonyl (C=O) groups is 1. The van der Waals surface area contributed by atoms with Crippen LogP contribution in [0.5, 0.6) is 11.5 Å². The minimum absolute atomic E-state index is 0.105. The molecule has 0 unspecified atom stereocenters. The average molecular weight is 667 g/mol. The second kappa shape index (κ2) is 11.2. The molecule has 2 saturated heterocycles. The molecule has 4 aromatic rings. The summed E-state index contributed by atoms with van der Waals surface area (Å²) in [7, 11) is 0. The number of hydrogen-bond donors (Lipinski definition) is 3. The highest BCUT2D eigenvalue weighted by molar-refractivity contribution is 5.88. The molecular weight excluding hydrogens is 624 g/mol. The van der Waals surface area contributed by atoms with Crippen molar-refractivity contribution >= 4 is 28.6 Å². The minimum atomic E-state index is -1.06. The Morgan fingerprint density at radius 3 is 2.53 bits per heavy atom. The number of aryl methyl sites for hydroxylation is 1. The highest BCUT2D eigenvalue weighted by atomic mass is 16.7. The summed E-state index contributed by atoms with van der Waals surface area (Å²) in [4.78, 5) is 36.0. The van der Waals surface area contributed by atoms with Crippen molar-refractivity contribution < 1.29 is 28.5 Å². The van der Waals surface area contributed by atoms with E-state index in [1.807, 2.05) is 26.0 Å². The fourth-order valence-corrected chi connectivity index (χ4v) is 8.88. The van der Waals surface area contributed by atoms with Crippen molar-refractivity contribution in [3.8, 4) is 22.8 Å². The maximum Gasteiger partial charge on any atom is 0.341 e. The second-order valence-corrected chi connectivity index (χ2v) is 14.9. The number of hydrogen-bond acceptors (Lipinski definition) is 11. The fraction of sp³-hybridized carbons (Fsp3) is 0.474. The molecule has 256 valence electrons. The van der Waals surface area contributed by atoms with E-state index < -0.39 is 23.3 Å². The van der Waals surface area contributed by atoms with Gasteiger partial charge in [0.05, 0.1) is 11.8 Å². The Hall–Kier alpha value is -4.64. The molecule has 1 saturated carbocycles. The monoisotopic (exact) mass is 666 g/mol. The smallest absolute Gasteiger partial charge is 0.341 e. The first-order valence-corrected chi connectivity index (χ1v) is 17.3. The van der Waals surface area contributed by atoms with Crippen LogP contribution in [0.1, 0.15) is 94.4 Å². The highest BCUT2D eigenvalue weighted by Gasteiger charge is 2.66. The van der Waals surface area contributed by atoms with Gasteiger partial charge in [0.2, 0.25) is 0 Å². The normalized spacial score (nSPS) is 26.9. The number of pyridine rings is 2. The number of esters is 1. The second-order valence-electron chi connectivity index (χ2n) is 14.9. The zero-order valence-corrected chi connectivity index (χ0v) is 28.1. The van der Waals surface area contributed by atoms with Crippen LogP contribution >= 0.6 is 0 Å². The first-order valence-electron chi connectivity index (χ1n) is 17.3. The third-order valence-corrected chi connectivity index (χ3v) is 11.3. The fourth-order valence-electron chi connectivity index (χ4n) is 8.88. The Balaban J connectivity index is 1.10. The number of anilines is 2. The predicted molar refractivity (Wildman–Crippen MR) is 183 cm³/mol. The van der Waals surface area contributed by atoms with E-state index in [0.29, 0.717) is 48.0 Å². The number of ether oxygens (including phenoxy) is 3. The summed E-state index contributed by atoms with van der Waals surface area (Å²) in [6.45, 7) is 5.47. The van der Waals surface area contributed by atoms with Gasteiger partial charge >= 0.3 is 5.97 Å². The summed E-state index contributed by atoms with van der Waals surface area (Å²) < 4.78 is 25.1. The van der Waals surface area contributed by atoms with Crippen molar-refractivity contribution in [2.24, 2.45) is 0 Å². The molecule has 0 radical (unpaired) electrons. The molecule has 1 aromatic carbocycles. The third-order valence-electron chi connectivity index (χ3n) is 11.3. The molecule has 11 heteroatoms. The van der Waals surface area contributed by atoms with Crippen molar-refractivity contribution in [3.63, 3.8) is 0 Å². The van der Waals surface area contributed by atoms with Crippen molar-refractivity contribution in [2.75, 3.05) is 11.5 Å². The largest absolute Gasteiger partial charge is 0.507 e. The van der Waals surface area contributed by atoms with Crippen LogP contribution in [-0.2, 0) is 19.7 Å². The van der Waals surface area contributed by atoms with E-state index >= 15 is 0 Å². The molecule has 11 nitrogen and oxygen atoms in total. The number of nitrogens with zero attached hydrogens (tertiary/aromatic N) is 2. The lowest BCUT2D eigenvalue weighted by molar-refractivity contribution is -0.170. The van der Waals surface area contributed by atoms with E-state index in [1.165, 1.54) is 6.07 Å². The molecule has 3 aliphatic heterocycles. The third kappa shape index (κ3) is 5.21. The van der Waals surface area contributed by atoms with Gasteiger partial charge in [0.25, 0.3) is 0 Å². The zero-order valence-electron chi connectivity index (χ0n) is 28.1. The maximum atomic E-state index is 14.3. The predicted octanol–water partition coefficient (Wildman–Crippen LogP) is 6.21. The Bertz CT molecular complexity index is 2050. The van der Waals surface area contributed by atoms with Gasteiger partial charge in [-0.2, -0.15) is 0 Å². The Morgan fingerprint density at radius 1 is 0.980 bits per heavy atom. The molecule has 5 N–H and O–H groups in total. The summed E-state index contributed by atoms with van der Waals surface area (Å²) in [6, 6.07) is 10.8. The van der Waals surface area contributed by atoms with E-state index in [1.54, 1.807) is 25.3 Å². The number of epoxide rings is 1. The van der Waals surface area contributed by atoms with Gasteiger partial charge in [-0.15, -0.1) is 0 Å². The molecule has 4 atom stereocenters. The number of phenolic OH excluding ortho intramolecular Hbond substituents is 1. The van der Waals surface area contributed by atoms with Gasteiger partial charge in [-0.1, -0.05) is 19.3 Å². The molecule has 1 aliphatic carbocycles. The number of phenols is 1. The van der Waals surface area contributed by atoms with E-state index in [4.69, 9.17) is 30.1 Å². The topological polar surface area (TPSA) is 176 Å². The van der Waals surface area contributed by atoms with Gasteiger partial charge in [0.15, 0.2) is 11.0 Å². The summed E-state index contributed by atoms with van der Waals surface area (Å²) in [5, 5.41) is 11.6. The summed E-state index contributed by atoms with van der Waals surface area (Å²) in [5.74, 6) is 0.749. The first kappa shape index (κ1) is 31.6. The van der Waals surface area contributed by atoms with Gasteiger partial charge in [0, 0.05) is 35.4 Å². The van der Waals surface area contributed by atoms with Gasteiger partial charge in [-0.25, -0.2) is 14.8 Å². The first-order chi connectivity index (χ1) is 23.4. The maximum absolute atomic E-state index is 14.3. The minimum Gasteiger partial charge on any atom is -0.507 e. The van der Waals surface area contributed by atoms with Gasteiger partial charge in [-0.05, 0) is 94.5 Å². The van der Waals surface area contributed by atoms with Crippen molar-refractivity contribution in [1.82, 2.24) is 9.97 Å². The van der Waals surface area contributed by atoms with E-state index in [2.05, 4.69) is 16.0 Å². The van der Waals surface area contributed by atoms with Crippen LogP contribution < -0.4 is 21.6 Å². The van der Waals surface area contributed by atoms with Crippen molar-refractivity contribution in [3.05, 3.63) is 69.7 Å². The van der Waals surface area contributed by atoms with Crippen LogP contribution in [-0.4, -0.2) is 44.5 Å². The Kier molecular flexibility index (Phi) is 7.22. The van der Waals surface area contributed by atoms with Gasteiger partial charge in [-0.3, -0.25) is 4.79 Å². The highest BCUT2D eigenvalue weighted by Crippen LogP contribution is 2.56. The standard InChI is InChI=1S/C38H42N4O7/c1-20-14-25(43)32-26(46-20)18-27-31(33(32)44)23-8-4-5-12-38(35(45)47-34(23)36(2,3)48-27)28(49-38)19-37(10-6-7-11-37)22-16-24(42-30(40)17-22)21-9-13-41-29(39)15-21/h9,13-18,23,28,34,44H,4-8,10-12,19H2,1-3H3,(H2,39,41)(H2,40,42)/t23-,28-,34-,38+/m1/s1.